The number of benzene rings is 1. The van der Waals surface area contributed by atoms with E-state index in [1.807, 2.05) is 30.5 Å². The Kier molecular flexibility index (Phi) is 5.75. The van der Waals surface area contributed by atoms with Crippen LogP contribution in [0.3, 0.4) is 0 Å². The van der Waals surface area contributed by atoms with Crippen LogP contribution in [-0.4, -0.2) is 23.6 Å². The van der Waals surface area contributed by atoms with E-state index in [4.69, 9.17) is 0 Å². The van der Waals surface area contributed by atoms with Crippen molar-refractivity contribution in [1.82, 2.24) is 15.6 Å². The highest BCUT2D eigenvalue weighted by Gasteiger charge is 2.16. The molecule has 2 amide bonds. The van der Waals surface area contributed by atoms with Crippen molar-refractivity contribution in [3.8, 4) is 0 Å². The van der Waals surface area contributed by atoms with Crippen molar-refractivity contribution in [2.45, 2.75) is 32.2 Å². The van der Waals surface area contributed by atoms with Gasteiger partial charge in [-0.15, -0.1) is 11.3 Å². The lowest BCUT2D eigenvalue weighted by molar-refractivity contribution is 0.236. The zero-order chi connectivity index (χ0) is 15.1. The Morgan fingerprint density at radius 2 is 2.05 bits per heavy atom. The van der Waals surface area contributed by atoms with Crippen LogP contribution in [0.4, 0.5) is 4.79 Å². The fourth-order valence-electron chi connectivity index (χ4n) is 2.09. The number of carbonyl (C=O) groups excluding carboxylic acids is 1. The van der Waals surface area contributed by atoms with E-state index in [0.717, 1.165) is 11.4 Å². The Labute approximate surface area is 129 Å². The number of carbonyl (C=O) groups is 1. The van der Waals surface area contributed by atoms with Gasteiger partial charge in [-0.05, 0) is 12.5 Å². The lowest BCUT2D eigenvalue weighted by Crippen LogP contribution is -2.43. The van der Waals surface area contributed by atoms with E-state index in [9.17, 15) is 4.79 Å². The molecule has 1 heterocycles. The minimum atomic E-state index is -0.123. The molecule has 2 rings (SSSR count). The maximum absolute atomic E-state index is 11.9. The van der Waals surface area contributed by atoms with Crippen molar-refractivity contribution in [1.29, 1.82) is 0 Å². The molecular formula is C16H21N3OS. The highest BCUT2D eigenvalue weighted by molar-refractivity contribution is 7.09. The van der Waals surface area contributed by atoms with Crippen LogP contribution in [0, 0.1) is 0 Å². The van der Waals surface area contributed by atoms with Gasteiger partial charge in [-0.25, -0.2) is 9.78 Å². The third-order valence-corrected chi connectivity index (χ3v) is 4.38. The largest absolute Gasteiger partial charge is 0.338 e. The molecular weight excluding hydrogens is 282 g/mol. The van der Waals surface area contributed by atoms with Gasteiger partial charge in [-0.3, -0.25) is 0 Å². The van der Waals surface area contributed by atoms with Crippen molar-refractivity contribution in [3.05, 3.63) is 52.5 Å². The first-order chi connectivity index (χ1) is 10.2. The Bertz CT molecular complexity index is 542. The second kappa shape index (κ2) is 7.78. The molecule has 0 aliphatic carbocycles. The van der Waals surface area contributed by atoms with Gasteiger partial charge in [0.25, 0.3) is 0 Å². The first-order valence-electron chi connectivity index (χ1n) is 7.14. The normalized spacial score (nSPS) is 13.4. The van der Waals surface area contributed by atoms with Gasteiger partial charge in [0.05, 0.1) is 5.01 Å². The molecule has 2 atom stereocenters. The summed E-state index contributed by atoms with van der Waals surface area (Å²) in [6, 6.07) is 10.2. The molecule has 1 aromatic carbocycles. The van der Waals surface area contributed by atoms with Crippen molar-refractivity contribution < 1.29 is 4.79 Å². The summed E-state index contributed by atoms with van der Waals surface area (Å²) in [6.07, 6.45) is 2.55. The summed E-state index contributed by atoms with van der Waals surface area (Å²) in [5.74, 6) is 0.274. The molecule has 0 saturated heterocycles. The topological polar surface area (TPSA) is 54.0 Å². The molecule has 0 saturated carbocycles. The molecule has 0 spiro atoms. The second-order valence-electron chi connectivity index (χ2n) is 5.06. The lowest BCUT2D eigenvalue weighted by Gasteiger charge is -2.22. The van der Waals surface area contributed by atoms with Crippen molar-refractivity contribution in [2.24, 2.45) is 0 Å². The Balaban J connectivity index is 1.74. The number of amides is 2. The number of aromatic nitrogens is 1. The van der Waals surface area contributed by atoms with Gasteiger partial charge in [0, 0.05) is 36.5 Å². The molecule has 0 bridgehead atoms. The van der Waals surface area contributed by atoms with E-state index in [-0.39, 0.29) is 18.0 Å². The predicted octanol–water partition coefficient (Wildman–Crippen LogP) is 3.18. The summed E-state index contributed by atoms with van der Waals surface area (Å²) in [6.45, 7) is 4.75. The second-order valence-corrected chi connectivity index (χ2v) is 6.04. The third kappa shape index (κ3) is 4.86. The quantitative estimate of drug-likeness (QED) is 0.861. The molecule has 4 nitrogen and oxygen atoms in total. The van der Waals surface area contributed by atoms with E-state index < -0.39 is 0 Å². The Morgan fingerprint density at radius 3 is 2.71 bits per heavy atom. The average Bonchev–Trinajstić information content (AvgIpc) is 3.00. The van der Waals surface area contributed by atoms with Crippen LogP contribution in [-0.2, 0) is 6.42 Å². The van der Waals surface area contributed by atoms with Crippen molar-refractivity contribution in [2.75, 3.05) is 6.54 Å². The van der Waals surface area contributed by atoms with Crippen LogP contribution >= 0.6 is 11.3 Å². The number of hydrogen-bond donors (Lipinski definition) is 2. The van der Waals surface area contributed by atoms with E-state index in [1.165, 1.54) is 5.56 Å². The summed E-state index contributed by atoms with van der Waals surface area (Å²) < 4.78 is 0. The Hall–Kier alpha value is -1.88. The molecule has 112 valence electrons. The number of nitrogens with zero attached hydrogens (tertiary/aromatic N) is 1. The van der Waals surface area contributed by atoms with Crippen LogP contribution in [0.15, 0.2) is 41.9 Å². The number of thiazole rings is 1. The van der Waals surface area contributed by atoms with Gasteiger partial charge < -0.3 is 10.6 Å². The maximum Gasteiger partial charge on any atom is 0.315 e. The van der Waals surface area contributed by atoms with Crippen LogP contribution in [0.25, 0.3) is 0 Å². The summed E-state index contributed by atoms with van der Waals surface area (Å²) in [5, 5.41) is 8.85. The van der Waals surface area contributed by atoms with Gasteiger partial charge in [0.1, 0.15) is 0 Å². The number of urea groups is 1. The molecule has 21 heavy (non-hydrogen) atoms. The Morgan fingerprint density at radius 1 is 1.29 bits per heavy atom. The first kappa shape index (κ1) is 15.5. The van der Waals surface area contributed by atoms with Gasteiger partial charge in [-0.2, -0.15) is 0 Å². The first-order valence-corrected chi connectivity index (χ1v) is 8.02. The fraction of sp³-hybridized carbons (Fsp3) is 0.375. The van der Waals surface area contributed by atoms with E-state index in [2.05, 4.69) is 34.7 Å². The summed E-state index contributed by atoms with van der Waals surface area (Å²) >= 11 is 1.61. The third-order valence-electron chi connectivity index (χ3n) is 3.54. The number of nitrogens with one attached hydrogen (secondary N) is 2. The van der Waals surface area contributed by atoms with Crippen molar-refractivity contribution in [3.63, 3.8) is 0 Å². The van der Waals surface area contributed by atoms with Gasteiger partial charge in [0.2, 0.25) is 0 Å². The van der Waals surface area contributed by atoms with Crippen LogP contribution in [0.5, 0.6) is 0 Å². The monoisotopic (exact) mass is 303 g/mol. The minimum Gasteiger partial charge on any atom is -0.338 e. The standard InChI is InChI=1S/C16H21N3OS/c1-12(14-6-4-3-5-7-14)13(2)19-16(20)18-9-8-15-17-10-11-21-15/h3-7,10-13H,8-9H2,1-2H3,(H2,18,19,20)/t12-,13-/m0/s1. The molecule has 0 fully saturated rings. The molecule has 2 aromatic rings. The fourth-order valence-corrected chi connectivity index (χ4v) is 2.71. The van der Waals surface area contributed by atoms with Crippen molar-refractivity contribution >= 4 is 17.4 Å². The molecule has 2 N–H and O–H groups in total. The summed E-state index contributed by atoms with van der Waals surface area (Å²) in [4.78, 5) is 16.1. The maximum atomic E-state index is 11.9. The molecule has 5 heteroatoms. The minimum absolute atomic E-state index is 0.0762. The smallest absolute Gasteiger partial charge is 0.315 e. The van der Waals surface area contributed by atoms with Gasteiger partial charge in [-0.1, -0.05) is 37.3 Å². The zero-order valence-electron chi connectivity index (χ0n) is 12.4. The molecule has 0 aliphatic heterocycles. The van der Waals surface area contributed by atoms with Crippen LogP contribution in [0.2, 0.25) is 0 Å². The van der Waals surface area contributed by atoms with Crippen LogP contribution < -0.4 is 10.6 Å². The summed E-state index contributed by atoms with van der Waals surface area (Å²) in [7, 11) is 0. The molecule has 0 radical (unpaired) electrons. The zero-order valence-corrected chi connectivity index (χ0v) is 13.2. The highest BCUT2D eigenvalue weighted by Crippen LogP contribution is 2.18. The van der Waals surface area contributed by atoms with Gasteiger partial charge in [0.15, 0.2) is 0 Å². The SMILES string of the molecule is C[C@H](NC(=O)NCCc1nccs1)[C@H](C)c1ccccc1. The van der Waals surface area contributed by atoms with Gasteiger partial charge >= 0.3 is 6.03 Å². The van der Waals surface area contributed by atoms with E-state index in [1.54, 1.807) is 17.5 Å². The summed E-state index contributed by atoms with van der Waals surface area (Å²) in [5.41, 5.74) is 1.23. The number of hydrogen-bond acceptors (Lipinski definition) is 3. The van der Waals surface area contributed by atoms with E-state index >= 15 is 0 Å². The molecule has 0 aliphatic rings. The van der Waals surface area contributed by atoms with Crippen LogP contribution in [0.1, 0.15) is 30.3 Å². The molecule has 1 aromatic heterocycles. The number of rotatable bonds is 6. The predicted molar refractivity (Wildman–Crippen MR) is 86.7 cm³/mol. The lowest BCUT2D eigenvalue weighted by atomic mass is 9.95. The average molecular weight is 303 g/mol. The molecule has 0 unspecified atom stereocenters. The highest BCUT2D eigenvalue weighted by atomic mass is 32.1. The van der Waals surface area contributed by atoms with E-state index in [0.29, 0.717) is 6.54 Å².